The highest BCUT2D eigenvalue weighted by Crippen LogP contribution is 2.60. The molecule has 3 aliphatic rings. The fraction of sp³-hybridized carbons (Fsp3) is 0.486. The average Bonchev–Trinajstić information content (AvgIpc) is 3.47. The molecule has 4 aromatic rings. The molecule has 1 saturated heterocycles. The van der Waals surface area contributed by atoms with Crippen molar-refractivity contribution in [3.8, 4) is 11.1 Å². The molecule has 1 saturated carbocycles. The Morgan fingerprint density at radius 2 is 1.82 bits per heavy atom. The van der Waals surface area contributed by atoms with Crippen molar-refractivity contribution in [2.24, 2.45) is 5.41 Å². The minimum Gasteiger partial charge on any atom is -0.325 e. The normalized spacial score (nSPS) is 23.0. The molecule has 1 aromatic carbocycles. The van der Waals surface area contributed by atoms with Gasteiger partial charge in [0.25, 0.3) is 0 Å². The number of piperidine rings is 1. The first kappa shape index (κ1) is 34.4. The van der Waals surface area contributed by atoms with E-state index < -0.39 is 12.7 Å². The number of benzene rings is 1. The molecule has 7 rings (SSSR count). The number of anilines is 1. The number of aromatic nitrogens is 5. The molecule has 3 aromatic heterocycles. The standard InChI is InChI=1S/C37H42BrFN8O3/c1-22(48)33-28-14-25(27-18-40-23(2)41-19-27)13-26(17-39)34(28)46(44-33)20-32(49)47-29-15-37(16-30(37)47)21-45(3)12-8-6-4-5-7-9-24-10-11-31(38)42-35(24)43-36(29)50/h10-11,13-14,18-19,29-30H,4-9,12,15-17,20-21H2,1-3H3,(H,42,43,50)/t29-,30+,37-/m0/s1. The van der Waals surface area contributed by atoms with Crippen molar-refractivity contribution in [3.63, 3.8) is 0 Å². The summed E-state index contributed by atoms with van der Waals surface area (Å²) >= 11 is 3.46. The van der Waals surface area contributed by atoms with Crippen molar-refractivity contribution in [1.29, 1.82) is 0 Å². The van der Waals surface area contributed by atoms with E-state index in [9.17, 15) is 18.8 Å². The van der Waals surface area contributed by atoms with E-state index in [0.717, 1.165) is 63.6 Å². The Hall–Kier alpha value is -4.10. The smallest absolute Gasteiger partial charge is 0.248 e. The molecule has 2 bridgehead atoms. The molecule has 0 radical (unpaired) electrons. The van der Waals surface area contributed by atoms with Crippen LogP contribution in [0.4, 0.5) is 10.2 Å². The van der Waals surface area contributed by atoms with E-state index in [4.69, 9.17) is 0 Å². The number of nitrogens with one attached hydrogen (secondary N) is 1. The first-order valence-corrected chi connectivity index (χ1v) is 18.2. The number of halogens is 2. The molecule has 5 heterocycles. The van der Waals surface area contributed by atoms with E-state index in [2.05, 4.69) is 53.2 Å². The fourth-order valence-corrected chi connectivity index (χ4v) is 8.37. The number of alkyl halides is 1. The number of hydrogen-bond acceptors (Lipinski definition) is 8. The van der Waals surface area contributed by atoms with Gasteiger partial charge in [-0.25, -0.2) is 19.3 Å². The molecule has 2 aliphatic heterocycles. The molecule has 11 nitrogen and oxygen atoms in total. The lowest BCUT2D eigenvalue weighted by Gasteiger charge is -2.27. The van der Waals surface area contributed by atoms with Crippen LogP contribution in [0.3, 0.4) is 0 Å². The van der Waals surface area contributed by atoms with Gasteiger partial charge >= 0.3 is 0 Å². The number of nitrogens with zero attached hydrogens (tertiary/aromatic N) is 7. The Morgan fingerprint density at radius 3 is 2.58 bits per heavy atom. The van der Waals surface area contributed by atoms with Crippen molar-refractivity contribution >= 4 is 50.2 Å². The third-order valence-electron chi connectivity index (χ3n) is 10.6. The predicted octanol–water partition coefficient (Wildman–Crippen LogP) is 6.07. The molecule has 3 atom stereocenters. The Kier molecular flexibility index (Phi) is 9.55. The van der Waals surface area contributed by atoms with E-state index in [0.29, 0.717) is 50.3 Å². The monoisotopic (exact) mass is 744 g/mol. The minimum atomic E-state index is -0.830. The number of carbonyl (C=O) groups is 3. The number of pyridine rings is 1. The molecule has 50 heavy (non-hydrogen) atoms. The number of hydrogen-bond donors (Lipinski definition) is 1. The molecular weight excluding hydrogens is 703 g/mol. The van der Waals surface area contributed by atoms with Crippen LogP contribution in [0.5, 0.6) is 0 Å². The first-order chi connectivity index (χ1) is 24.1. The largest absolute Gasteiger partial charge is 0.325 e. The van der Waals surface area contributed by atoms with Gasteiger partial charge < -0.3 is 15.1 Å². The second-order valence-electron chi connectivity index (χ2n) is 14.2. The lowest BCUT2D eigenvalue weighted by atomic mass is 9.98. The van der Waals surface area contributed by atoms with Gasteiger partial charge in [0.15, 0.2) is 5.78 Å². The van der Waals surface area contributed by atoms with E-state index >= 15 is 0 Å². The average molecular weight is 746 g/mol. The number of aryl methyl sites for hydroxylation is 2. The predicted molar refractivity (Wildman–Crippen MR) is 191 cm³/mol. The summed E-state index contributed by atoms with van der Waals surface area (Å²) in [6.45, 7) is 3.88. The Balaban J connectivity index is 1.23. The van der Waals surface area contributed by atoms with Gasteiger partial charge in [-0.05, 0) is 97.9 Å². The van der Waals surface area contributed by atoms with Crippen LogP contribution in [-0.4, -0.2) is 84.4 Å². The number of carbonyl (C=O) groups excluding carboxylic acids is 3. The van der Waals surface area contributed by atoms with E-state index in [1.165, 1.54) is 11.6 Å². The SMILES string of the molecule is CC(=O)c1nn(CC(=O)N2[C@H]3C[C@]4(C[C@@H]24)CN(C)CCCCCCCc2ccc(Br)nc2NC3=O)c2c(CF)cc(-c3cnc(C)nc3)cc12. The number of likely N-dealkylation sites (tertiary alicyclic amines) is 1. The highest BCUT2D eigenvalue weighted by atomic mass is 79.9. The van der Waals surface area contributed by atoms with Crippen LogP contribution in [0.1, 0.15) is 79.3 Å². The summed E-state index contributed by atoms with van der Waals surface area (Å²) < 4.78 is 16.8. The van der Waals surface area contributed by atoms with Gasteiger partial charge in [0, 0.05) is 53.8 Å². The number of amides is 2. The maximum absolute atomic E-state index is 14.7. The van der Waals surface area contributed by atoms with E-state index in [1.54, 1.807) is 36.4 Å². The zero-order valence-electron chi connectivity index (χ0n) is 28.7. The van der Waals surface area contributed by atoms with Gasteiger partial charge in [-0.3, -0.25) is 19.1 Å². The fourth-order valence-electron chi connectivity index (χ4n) is 8.06. The van der Waals surface area contributed by atoms with E-state index in [1.807, 2.05) is 12.1 Å². The first-order valence-electron chi connectivity index (χ1n) is 17.4. The molecule has 0 unspecified atom stereocenters. The van der Waals surface area contributed by atoms with Crippen LogP contribution in [0.25, 0.3) is 22.0 Å². The summed E-state index contributed by atoms with van der Waals surface area (Å²) in [5.41, 5.74) is 2.95. The highest BCUT2D eigenvalue weighted by Gasteiger charge is 2.67. The van der Waals surface area contributed by atoms with Gasteiger partial charge in [-0.1, -0.05) is 25.3 Å². The third-order valence-corrected chi connectivity index (χ3v) is 11.0. The number of fused-ring (bicyclic) bond motifs is 3. The second-order valence-corrected chi connectivity index (χ2v) is 15.0. The molecule has 2 amide bonds. The molecular formula is C37H42BrFN8O3. The molecule has 2 fully saturated rings. The van der Waals surface area contributed by atoms with Crippen molar-refractivity contribution < 1.29 is 18.8 Å². The van der Waals surface area contributed by atoms with Crippen LogP contribution in [0, 0.1) is 12.3 Å². The molecule has 262 valence electrons. The zero-order valence-corrected chi connectivity index (χ0v) is 30.3. The van der Waals surface area contributed by atoms with Gasteiger partial charge in [0.2, 0.25) is 11.8 Å². The lowest BCUT2D eigenvalue weighted by Crippen LogP contribution is -2.47. The van der Waals surface area contributed by atoms with Gasteiger partial charge in [-0.2, -0.15) is 5.10 Å². The van der Waals surface area contributed by atoms with Crippen molar-refractivity contribution in [2.45, 2.75) is 90.5 Å². The highest BCUT2D eigenvalue weighted by molar-refractivity contribution is 9.10. The van der Waals surface area contributed by atoms with Crippen LogP contribution < -0.4 is 5.32 Å². The molecule has 1 spiro atoms. The summed E-state index contributed by atoms with van der Waals surface area (Å²) in [7, 11) is 2.12. The van der Waals surface area contributed by atoms with Gasteiger partial charge in [-0.15, -0.1) is 0 Å². The molecule has 1 aliphatic carbocycles. The summed E-state index contributed by atoms with van der Waals surface area (Å²) in [4.78, 5) is 58.7. The lowest BCUT2D eigenvalue weighted by molar-refractivity contribution is -0.138. The van der Waals surface area contributed by atoms with Crippen molar-refractivity contribution in [3.05, 3.63) is 63.9 Å². The van der Waals surface area contributed by atoms with Crippen molar-refractivity contribution in [1.82, 2.24) is 34.5 Å². The summed E-state index contributed by atoms with van der Waals surface area (Å²) in [6, 6.07) is 6.54. The van der Waals surface area contributed by atoms with Crippen LogP contribution >= 0.6 is 15.9 Å². The second kappa shape index (κ2) is 13.9. The number of rotatable bonds is 5. The van der Waals surface area contributed by atoms with Crippen LogP contribution in [0.15, 0.2) is 41.3 Å². The molecule has 13 heteroatoms. The quantitative estimate of drug-likeness (QED) is 0.193. The van der Waals surface area contributed by atoms with Crippen LogP contribution in [0.2, 0.25) is 0 Å². The maximum Gasteiger partial charge on any atom is 0.248 e. The van der Waals surface area contributed by atoms with Crippen LogP contribution in [-0.2, 0) is 29.2 Å². The third kappa shape index (κ3) is 6.69. The number of Topliss-reactive ketones (excluding diaryl/α,β-unsaturated/α-hetero) is 1. The summed E-state index contributed by atoms with van der Waals surface area (Å²) in [5.74, 6) is 0.262. The zero-order chi connectivity index (χ0) is 35.2. The summed E-state index contributed by atoms with van der Waals surface area (Å²) in [6.07, 6.45) is 11.0. The van der Waals surface area contributed by atoms with Gasteiger partial charge in [0.1, 0.15) is 41.2 Å². The Morgan fingerprint density at radius 1 is 1.06 bits per heavy atom. The number of ketones is 1. The van der Waals surface area contributed by atoms with Crippen molar-refractivity contribution in [2.75, 3.05) is 25.5 Å². The summed E-state index contributed by atoms with van der Waals surface area (Å²) in [5, 5.41) is 8.12. The van der Waals surface area contributed by atoms with Gasteiger partial charge in [0.05, 0.1) is 5.52 Å². The Bertz CT molecular complexity index is 1970. The van der Waals surface area contributed by atoms with E-state index in [-0.39, 0.29) is 41.3 Å². The topological polar surface area (TPSA) is 126 Å². The molecule has 1 N–H and O–H groups in total. The minimum absolute atomic E-state index is 0.110. The Labute approximate surface area is 299 Å². The maximum atomic E-state index is 14.7.